The van der Waals surface area contributed by atoms with Gasteiger partial charge in [-0.25, -0.2) is 4.79 Å². The number of nitrogens with one attached hydrogen (secondary N) is 1. The van der Waals surface area contributed by atoms with E-state index in [1.807, 2.05) is 0 Å². The summed E-state index contributed by atoms with van der Waals surface area (Å²) in [6.45, 7) is 3.17. The van der Waals surface area contributed by atoms with Gasteiger partial charge in [0.05, 0.1) is 29.4 Å². The third-order valence-corrected chi connectivity index (χ3v) is 6.31. The Morgan fingerprint density at radius 3 is 2.53 bits per heavy atom. The second-order valence-corrected chi connectivity index (χ2v) is 8.59. The van der Waals surface area contributed by atoms with Gasteiger partial charge in [-0.05, 0) is 18.9 Å². The highest BCUT2D eigenvalue weighted by Gasteiger charge is 2.38. The number of nitro groups is 1. The number of amides is 1. The molecule has 2 aliphatic rings. The highest BCUT2D eigenvalue weighted by atomic mass is 16.6. The number of nitrogens with zero attached hydrogens (tertiary/aromatic N) is 3. The van der Waals surface area contributed by atoms with Crippen molar-refractivity contribution in [3.63, 3.8) is 0 Å². The molecular formula is C22H32N4O6. The molecule has 10 nitrogen and oxygen atoms in total. The molecule has 0 unspecified atom stereocenters. The Bertz CT molecular complexity index is 832. The van der Waals surface area contributed by atoms with Gasteiger partial charge in [0.2, 0.25) is 0 Å². The molecule has 1 saturated heterocycles. The van der Waals surface area contributed by atoms with Crippen molar-refractivity contribution in [1.82, 2.24) is 10.2 Å². The first kappa shape index (κ1) is 23.9. The summed E-state index contributed by atoms with van der Waals surface area (Å²) >= 11 is 0. The number of nitro benzene ring substituents is 1. The number of ether oxygens (including phenoxy) is 2. The van der Waals surface area contributed by atoms with Gasteiger partial charge in [0.15, 0.2) is 6.61 Å². The standard InChI is InChI=1S/C22H32N4O6/c1-24(2)19-7-6-17(26(29)30)14-18(19)21(28)32-15-20(27)23-16-22(8-4-3-5-9-22)25-10-12-31-13-11-25/h6-7,14H,3-5,8-13,15-16H2,1-2H3,(H,23,27). The molecule has 32 heavy (non-hydrogen) atoms. The molecule has 0 radical (unpaired) electrons. The summed E-state index contributed by atoms with van der Waals surface area (Å²) in [7, 11) is 3.44. The number of non-ortho nitro benzene ring substituents is 1. The first-order valence-electron chi connectivity index (χ1n) is 11.0. The highest BCUT2D eigenvalue weighted by molar-refractivity contribution is 5.97. The van der Waals surface area contributed by atoms with E-state index in [0.29, 0.717) is 25.4 Å². The van der Waals surface area contributed by atoms with Crippen LogP contribution in [0.2, 0.25) is 0 Å². The van der Waals surface area contributed by atoms with Gasteiger partial charge in [-0.3, -0.25) is 19.8 Å². The molecular weight excluding hydrogens is 416 g/mol. The molecule has 1 aromatic carbocycles. The number of hydrogen-bond acceptors (Lipinski definition) is 8. The Morgan fingerprint density at radius 2 is 1.91 bits per heavy atom. The normalized spacial score (nSPS) is 18.6. The van der Waals surface area contributed by atoms with Crippen molar-refractivity contribution in [3.8, 4) is 0 Å². The predicted octanol–water partition coefficient (Wildman–Crippen LogP) is 1.97. The zero-order valence-corrected chi connectivity index (χ0v) is 18.8. The lowest BCUT2D eigenvalue weighted by atomic mass is 9.79. The van der Waals surface area contributed by atoms with Crippen molar-refractivity contribution in [2.24, 2.45) is 0 Å². The minimum atomic E-state index is -0.770. The van der Waals surface area contributed by atoms with E-state index in [1.54, 1.807) is 19.0 Å². The van der Waals surface area contributed by atoms with Crippen LogP contribution in [0.3, 0.4) is 0 Å². The summed E-state index contributed by atoms with van der Waals surface area (Å²) in [5.41, 5.74) is 0.236. The second-order valence-electron chi connectivity index (χ2n) is 8.59. The van der Waals surface area contributed by atoms with Crippen LogP contribution in [-0.2, 0) is 14.3 Å². The summed E-state index contributed by atoms with van der Waals surface area (Å²) in [5, 5.41) is 14.0. The van der Waals surface area contributed by atoms with E-state index in [1.165, 1.54) is 24.6 Å². The molecule has 0 atom stereocenters. The minimum absolute atomic E-state index is 0.0501. The van der Waals surface area contributed by atoms with E-state index < -0.39 is 17.5 Å². The molecule has 3 rings (SSSR count). The van der Waals surface area contributed by atoms with E-state index in [9.17, 15) is 19.7 Å². The van der Waals surface area contributed by atoms with Gasteiger partial charge < -0.3 is 19.7 Å². The summed E-state index contributed by atoms with van der Waals surface area (Å²) in [6, 6.07) is 3.99. The van der Waals surface area contributed by atoms with Crippen molar-refractivity contribution in [1.29, 1.82) is 0 Å². The fraction of sp³-hybridized carbons (Fsp3) is 0.636. The van der Waals surface area contributed by atoms with Crippen LogP contribution in [0.25, 0.3) is 0 Å². The SMILES string of the molecule is CN(C)c1ccc([N+](=O)[O-])cc1C(=O)OCC(=O)NCC1(N2CCOCC2)CCCCC1. The number of anilines is 1. The van der Waals surface area contributed by atoms with Crippen LogP contribution >= 0.6 is 0 Å². The lowest BCUT2D eigenvalue weighted by Gasteiger charge is -2.48. The Hall–Kier alpha value is -2.72. The molecule has 0 bridgehead atoms. The lowest BCUT2D eigenvalue weighted by Crippen LogP contribution is -2.59. The number of benzene rings is 1. The molecule has 1 saturated carbocycles. The Balaban J connectivity index is 1.60. The maximum absolute atomic E-state index is 12.6. The molecule has 1 aliphatic heterocycles. The molecule has 176 valence electrons. The minimum Gasteiger partial charge on any atom is -0.452 e. The lowest BCUT2D eigenvalue weighted by molar-refractivity contribution is -0.384. The highest BCUT2D eigenvalue weighted by Crippen LogP contribution is 2.34. The molecule has 1 amide bonds. The van der Waals surface area contributed by atoms with Crippen LogP contribution in [0.5, 0.6) is 0 Å². The van der Waals surface area contributed by atoms with Crippen molar-refractivity contribution < 1.29 is 24.0 Å². The Labute approximate surface area is 188 Å². The van der Waals surface area contributed by atoms with Crippen molar-refractivity contribution >= 4 is 23.3 Å². The smallest absolute Gasteiger partial charge is 0.341 e. The topological polar surface area (TPSA) is 114 Å². The van der Waals surface area contributed by atoms with Crippen LogP contribution in [0.4, 0.5) is 11.4 Å². The van der Waals surface area contributed by atoms with Crippen LogP contribution in [0, 0.1) is 10.1 Å². The molecule has 1 aliphatic carbocycles. The van der Waals surface area contributed by atoms with Gasteiger partial charge in [-0.1, -0.05) is 19.3 Å². The maximum atomic E-state index is 12.6. The number of carbonyl (C=O) groups is 2. The molecule has 10 heteroatoms. The first-order valence-corrected chi connectivity index (χ1v) is 11.0. The quantitative estimate of drug-likeness (QED) is 0.365. The second kappa shape index (κ2) is 10.7. The third kappa shape index (κ3) is 5.74. The fourth-order valence-corrected chi connectivity index (χ4v) is 4.57. The predicted molar refractivity (Wildman–Crippen MR) is 119 cm³/mol. The maximum Gasteiger partial charge on any atom is 0.341 e. The molecule has 0 spiro atoms. The van der Waals surface area contributed by atoms with Crippen LogP contribution in [0.15, 0.2) is 18.2 Å². The van der Waals surface area contributed by atoms with Crippen molar-refractivity contribution in [2.75, 3.05) is 58.5 Å². The number of carbonyl (C=O) groups excluding carboxylic acids is 2. The number of hydrogen-bond donors (Lipinski definition) is 1. The molecule has 1 N–H and O–H groups in total. The van der Waals surface area contributed by atoms with Crippen molar-refractivity contribution in [3.05, 3.63) is 33.9 Å². The summed E-state index contributed by atoms with van der Waals surface area (Å²) in [5.74, 6) is -1.15. The van der Waals surface area contributed by atoms with Crippen LogP contribution in [-0.4, -0.2) is 80.8 Å². The fourth-order valence-electron chi connectivity index (χ4n) is 4.57. The van der Waals surface area contributed by atoms with Gasteiger partial charge in [0.1, 0.15) is 0 Å². The zero-order chi connectivity index (χ0) is 23.1. The molecule has 1 aromatic rings. The summed E-state index contributed by atoms with van der Waals surface area (Å²) in [6.07, 6.45) is 5.50. The van der Waals surface area contributed by atoms with E-state index in [2.05, 4.69) is 10.2 Å². The van der Waals surface area contributed by atoms with Gasteiger partial charge in [0.25, 0.3) is 11.6 Å². The Morgan fingerprint density at radius 1 is 1.22 bits per heavy atom. The van der Waals surface area contributed by atoms with Crippen LogP contribution < -0.4 is 10.2 Å². The monoisotopic (exact) mass is 448 g/mol. The summed E-state index contributed by atoms with van der Waals surface area (Å²) < 4.78 is 10.7. The van der Waals surface area contributed by atoms with Gasteiger partial charge in [-0.2, -0.15) is 0 Å². The number of rotatable bonds is 8. The third-order valence-electron chi connectivity index (χ3n) is 6.31. The van der Waals surface area contributed by atoms with Gasteiger partial charge in [-0.15, -0.1) is 0 Å². The average molecular weight is 449 g/mol. The largest absolute Gasteiger partial charge is 0.452 e. The van der Waals surface area contributed by atoms with E-state index in [-0.39, 0.29) is 22.7 Å². The van der Waals surface area contributed by atoms with Gasteiger partial charge in [0, 0.05) is 51.4 Å². The number of esters is 1. The Kier molecular flexibility index (Phi) is 8.03. The molecule has 2 fully saturated rings. The zero-order valence-electron chi connectivity index (χ0n) is 18.8. The van der Waals surface area contributed by atoms with E-state index in [0.717, 1.165) is 38.8 Å². The average Bonchev–Trinajstić information content (AvgIpc) is 2.81. The van der Waals surface area contributed by atoms with Gasteiger partial charge >= 0.3 is 5.97 Å². The molecule has 1 heterocycles. The van der Waals surface area contributed by atoms with Crippen molar-refractivity contribution in [2.45, 2.75) is 37.6 Å². The first-order chi connectivity index (χ1) is 15.3. The van der Waals surface area contributed by atoms with Crippen LogP contribution in [0.1, 0.15) is 42.5 Å². The number of morpholine rings is 1. The summed E-state index contributed by atoms with van der Waals surface area (Å²) in [4.78, 5) is 39.7. The van der Waals surface area contributed by atoms with E-state index >= 15 is 0 Å². The molecule has 0 aromatic heterocycles. The van der Waals surface area contributed by atoms with E-state index in [4.69, 9.17) is 9.47 Å².